The molecule has 1 aliphatic rings. The highest BCUT2D eigenvalue weighted by molar-refractivity contribution is 7.91. The molecule has 0 aliphatic carbocycles. The third-order valence-electron chi connectivity index (χ3n) is 3.60. The molecule has 0 radical (unpaired) electrons. The Balaban J connectivity index is 1.91. The van der Waals surface area contributed by atoms with E-state index in [1.54, 1.807) is 6.26 Å². The van der Waals surface area contributed by atoms with Gasteiger partial charge in [0.15, 0.2) is 9.84 Å². The number of furan rings is 1. The topological polar surface area (TPSA) is 62.6 Å². The zero-order valence-electron chi connectivity index (χ0n) is 12.1. The molecule has 6 heteroatoms. The zero-order chi connectivity index (χ0) is 14.4. The summed E-state index contributed by atoms with van der Waals surface area (Å²) < 4.78 is 28.8. The van der Waals surface area contributed by atoms with Gasteiger partial charge in [-0.1, -0.05) is 6.92 Å². The fourth-order valence-corrected chi connectivity index (χ4v) is 3.72. The molecule has 0 aromatic carbocycles. The van der Waals surface area contributed by atoms with Crippen molar-refractivity contribution in [3.8, 4) is 0 Å². The van der Waals surface area contributed by atoms with Crippen molar-refractivity contribution in [2.75, 3.05) is 31.1 Å². The molecular formula is C14H24N2O3S. The smallest absolute Gasteiger partial charge is 0.151 e. The summed E-state index contributed by atoms with van der Waals surface area (Å²) in [6, 6.07) is 1.99. The van der Waals surface area contributed by atoms with E-state index in [-0.39, 0.29) is 5.75 Å². The first-order valence-corrected chi connectivity index (χ1v) is 9.11. The van der Waals surface area contributed by atoms with Crippen LogP contribution in [-0.4, -0.2) is 44.5 Å². The monoisotopic (exact) mass is 300 g/mol. The largest absolute Gasteiger partial charge is 0.468 e. The van der Waals surface area contributed by atoms with E-state index in [4.69, 9.17) is 4.42 Å². The predicted octanol–water partition coefficient (Wildman–Crippen LogP) is 1.40. The molecular weight excluding hydrogens is 276 g/mol. The summed E-state index contributed by atoms with van der Waals surface area (Å²) in [7, 11) is -2.84. The molecule has 0 saturated carbocycles. The molecule has 1 aromatic heterocycles. The van der Waals surface area contributed by atoms with Crippen molar-refractivity contribution < 1.29 is 12.8 Å². The Morgan fingerprint density at radius 3 is 3.00 bits per heavy atom. The molecule has 2 heterocycles. The second kappa shape index (κ2) is 7.24. The van der Waals surface area contributed by atoms with Gasteiger partial charge in [-0.3, -0.25) is 4.90 Å². The van der Waals surface area contributed by atoms with Crippen molar-refractivity contribution in [2.45, 2.75) is 32.9 Å². The van der Waals surface area contributed by atoms with Crippen LogP contribution in [0.4, 0.5) is 0 Å². The predicted molar refractivity (Wildman–Crippen MR) is 79.3 cm³/mol. The van der Waals surface area contributed by atoms with Gasteiger partial charge < -0.3 is 9.73 Å². The normalized spacial score (nSPS) is 19.9. The van der Waals surface area contributed by atoms with Crippen LogP contribution < -0.4 is 5.32 Å². The number of rotatable bonds is 6. The lowest BCUT2D eigenvalue weighted by Crippen LogP contribution is -2.27. The van der Waals surface area contributed by atoms with Crippen LogP contribution >= 0.6 is 0 Å². The average Bonchev–Trinajstić information content (AvgIpc) is 2.75. The number of hydrogen-bond donors (Lipinski definition) is 1. The van der Waals surface area contributed by atoms with Crippen molar-refractivity contribution in [3.05, 3.63) is 23.7 Å². The molecule has 1 aromatic rings. The van der Waals surface area contributed by atoms with Crippen LogP contribution in [0.3, 0.4) is 0 Å². The summed E-state index contributed by atoms with van der Waals surface area (Å²) in [5, 5.41) is 3.37. The maximum absolute atomic E-state index is 11.6. The molecule has 1 fully saturated rings. The molecule has 1 N–H and O–H groups in total. The van der Waals surface area contributed by atoms with Gasteiger partial charge >= 0.3 is 0 Å². The lowest BCUT2D eigenvalue weighted by atomic mass is 10.2. The Morgan fingerprint density at radius 1 is 1.35 bits per heavy atom. The first kappa shape index (κ1) is 15.5. The Morgan fingerprint density at radius 2 is 2.20 bits per heavy atom. The molecule has 0 bridgehead atoms. The summed E-state index contributed by atoms with van der Waals surface area (Å²) in [4.78, 5) is 2.17. The number of sulfone groups is 1. The molecule has 2 rings (SSSR count). The van der Waals surface area contributed by atoms with Crippen LogP contribution in [0.5, 0.6) is 0 Å². The summed E-state index contributed by atoms with van der Waals surface area (Å²) in [6.07, 6.45) is 3.54. The minimum atomic E-state index is -2.84. The summed E-state index contributed by atoms with van der Waals surface area (Å²) in [5.41, 5.74) is 1.17. The highest BCUT2D eigenvalue weighted by atomic mass is 32.2. The first-order valence-electron chi connectivity index (χ1n) is 7.29. The maximum Gasteiger partial charge on any atom is 0.151 e. The third-order valence-corrected chi connectivity index (χ3v) is 5.31. The van der Waals surface area contributed by atoms with Crippen molar-refractivity contribution in [2.24, 2.45) is 0 Å². The first-order chi connectivity index (χ1) is 9.61. The molecule has 20 heavy (non-hydrogen) atoms. The van der Waals surface area contributed by atoms with Gasteiger partial charge in [0.25, 0.3) is 0 Å². The average molecular weight is 300 g/mol. The zero-order valence-corrected chi connectivity index (χ0v) is 12.9. The van der Waals surface area contributed by atoms with Crippen LogP contribution in [0.1, 0.15) is 31.1 Å². The number of nitrogens with zero attached hydrogens (tertiary/aromatic N) is 1. The second-order valence-electron chi connectivity index (χ2n) is 5.33. The standard InChI is InChI=1S/C14H24N2O3S/c1-2-5-15-11-13-4-8-19-14(13)12-16-6-3-9-20(17,18)10-7-16/h4,8,15H,2-3,5-7,9-12H2,1H3. The summed E-state index contributed by atoms with van der Waals surface area (Å²) in [5.74, 6) is 1.52. The molecule has 1 aliphatic heterocycles. The van der Waals surface area contributed by atoms with Crippen molar-refractivity contribution in [1.29, 1.82) is 0 Å². The fraction of sp³-hybridized carbons (Fsp3) is 0.714. The van der Waals surface area contributed by atoms with E-state index in [9.17, 15) is 8.42 Å². The van der Waals surface area contributed by atoms with Crippen molar-refractivity contribution >= 4 is 9.84 Å². The summed E-state index contributed by atoms with van der Waals surface area (Å²) >= 11 is 0. The van der Waals surface area contributed by atoms with E-state index in [1.165, 1.54) is 5.56 Å². The molecule has 1 saturated heterocycles. The lowest BCUT2D eigenvalue weighted by molar-refractivity contribution is 0.260. The number of hydrogen-bond acceptors (Lipinski definition) is 5. The molecule has 5 nitrogen and oxygen atoms in total. The Kier molecular flexibility index (Phi) is 5.63. The van der Waals surface area contributed by atoms with Gasteiger partial charge in [0, 0.05) is 18.7 Å². The van der Waals surface area contributed by atoms with Gasteiger partial charge in [0.05, 0.1) is 24.3 Å². The van der Waals surface area contributed by atoms with Gasteiger partial charge in [0.1, 0.15) is 5.76 Å². The van der Waals surface area contributed by atoms with E-state index in [0.29, 0.717) is 25.3 Å². The van der Waals surface area contributed by atoms with Gasteiger partial charge in [-0.25, -0.2) is 8.42 Å². The van der Waals surface area contributed by atoms with E-state index in [2.05, 4.69) is 17.1 Å². The molecule has 0 atom stereocenters. The van der Waals surface area contributed by atoms with Crippen molar-refractivity contribution in [3.63, 3.8) is 0 Å². The van der Waals surface area contributed by atoms with E-state index in [1.807, 2.05) is 6.07 Å². The highest BCUT2D eigenvalue weighted by Gasteiger charge is 2.20. The SMILES string of the molecule is CCCNCc1ccoc1CN1CCCS(=O)(=O)CC1. The van der Waals surface area contributed by atoms with Crippen LogP contribution in [0, 0.1) is 0 Å². The minimum Gasteiger partial charge on any atom is -0.468 e. The van der Waals surface area contributed by atoms with Gasteiger partial charge in [-0.2, -0.15) is 0 Å². The second-order valence-corrected chi connectivity index (χ2v) is 7.63. The van der Waals surface area contributed by atoms with E-state index < -0.39 is 9.84 Å². The fourth-order valence-electron chi connectivity index (χ4n) is 2.41. The molecule has 0 unspecified atom stereocenters. The van der Waals surface area contributed by atoms with Crippen LogP contribution in [0.2, 0.25) is 0 Å². The summed E-state index contributed by atoms with van der Waals surface area (Å²) in [6.45, 7) is 6.07. The third kappa shape index (κ3) is 4.61. The molecule has 114 valence electrons. The Bertz CT molecular complexity index is 510. The van der Waals surface area contributed by atoms with Gasteiger partial charge in [0.2, 0.25) is 0 Å². The van der Waals surface area contributed by atoms with Gasteiger partial charge in [-0.05, 0) is 32.0 Å². The van der Waals surface area contributed by atoms with Crippen LogP contribution in [-0.2, 0) is 22.9 Å². The number of nitrogens with one attached hydrogen (secondary N) is 1. The van der Waals surface area contributed by atoms with Crippen LogP contribution in [0.15, 0.2) is 16.7 Å². The molecule has 0 amide bonds. The van der Waals surface area contributed by atoms with E-state index >= 15 is 0 Å². The highest BCUT2D eigenvalue weighted by Crippen LogP contribution is 2.15. The maximum atomic E-state index is 11.6. The minimum absolute atomic E-state index is 0.261. The van der Waals surface area contributed by atoms with Crippen molar-refractivity contribution in [1.82, 2.24) is 10.2 Å². The van der Waals surface area contributed by atoms with Gasteiger partial charge in [-0.15, -0.1) is 0 Å². The lowest BCUT2D eigenvalue weighted by Gasteiger charge is -2.18. The van der Waals surface area contributed by atoms with Crippen LogP contribution in [0.25, 0.3) is 0 Å². The Hall–Kier alpha value is -0.850. The van der Waals surface area contributed by atoms with E-state index in [0.717, 1.165) is 31.8 Å². The Labute approximate surface area is 121 Å². The quantitative estimate of drug-likeness (QED) is 0.805. The molecule has 0 spiro atoms.